The first kappa shape index (κ1) is 26.0. The second kappa shape index (κ2) is 11.4. The molecule has 2 aliphatic heterocycles. The lowest BCUT2D eigenvalue weighted by atomic mass is 10.00. The van der Waals surface area contributed by atoms with Crippen molar-refractivity contribution in [2.75, 3.05) is 50.5 Å². The predicted octanol–water partition coefficient (Wildman–Crippen LogP) is 4.54. The fourth-order valence-corrected chi connectivity index (χ4v) is 4.78. The minimum atomic E-state index is -0.841. The summed E-state index contributed by atoms with van der Waals surface area (Å²) in [4.78, 5) is 42.0. The van der Waals surface area contributed by atoms with Gasteiger partial charge in [0.15, 0.2) is 0 Å². The summed E-state index contributed by atoms with van der Waals surface area (Å²) in [6, 6.07) is 21.8. The average molecular weight is 527 g/mol. The fraction of sp³-hybridized carbons (Fsp3) is 0.233. The summed E-state index contributed by atoms with van der Waals surface area (Å²) in [5, 5.41) is 6.27. The summed E-state index contributed by atoms with van der Waals surface area (Å²) in [5.74, 6) is -0.00894. The number of methoxy groups -OCH3 is 1. The van der Waals surface area contributed by atoms with Crippen molar-refractivity contribution in [1.82, 2.24) is 9.80 Å². The Labute approximate surface area is 227 Å². The maximum atomic E-state index is 13.2. The van der Waals surface area contributed by atoms with Gasteiger partial charge in [-0.05, 0) is 48.5 Å². The monoisotopic (exact) mass is 526 g/mol. The van der Waals surface area contributed by atoms with E-state index in [1.54, 1.807) is 18.2 Å². The highest BCUT2D eigenvalue weighted by Gasteiger charge is 2.29. The Hall–Kier alpha value is -4.63. The summed E-state index contributed by atoms with van der Waals surface area (Å²) >= 11 is 0. The van der Waals surface area contributed by atoms with Gasteiger partial charge >= 0.3 is 6.16 Å². The number of benzene rings is 3. The van der Waals surface area contributed by atoms with E-state index in [0.717, 1.165) is 44.0 Å². The van der Waals surface area contributed by atoms with Crippen molar-refractivity contribution in [3.05, 3.63) is 89.5 Å². The Morgan fingerprint density at radius 2 is 1.64 bits per heavy atom. The Kier molecular flexibility index (Phi) is 7.60. The number of rotatable bonds is 6. The molecule has 0 aromatic heterocycles. The first-order valence-corrected chi connectivity index (χ1v) is 12.9. The average Bonchev–Trinajstić information content (AvgIpc) is 3.30. The van der Waals surface area contributed by atoms with Crippen molar-refractivity contribution >= 4 is 40.6 Å². The van der Waals surface area contributed by atoms with E-state index in [-0.39, 0.29) is 17.6 Å². The zero-order valence-electron chi connectivity index (χ0n) is 21.9. The first-order valence-electron chi connectivity index (χ1n) is 12.9. The maximum absolute atomic E-state index is 13.2. The topological polar surface area (TPSA) is 100 Å². The smallest absolute Gasteiger partial charge is 0.437 e. The van der Waals surface area contributed by atoms with Gasteiger partial charge in [-0.1, -0.05) is 37.3 Å². The van der Waals surface area contributed by atoms with Crippen LogP contribution in [0, 0.1) is 0 Å². The highest BCUT2D eigenvalue weighted by atomic mass is 16.7. The van der Waals surface area contributed by atoms with E-state index in [9.17, 15) is 14.4 Å². The summed E-state index contributed by atoms with van der Waals surface area (Å²) < 4.78 is 9.66. The largest absolute Gasteiger partial charge is 0.513 e. The molecule has 0 unspecified atom stereocenters. The summed E-state index contributed by atoms with van der Waals surface area (Å²) in [7, 11) is 1.23. The number of carbonyl (C=O) groups is 3. The third-order valence-electron chi connectivity index (χ3n) is 6.92. The number of fused-ring (bicyclic) bond motifs is 1. The first-order chi connectivity index (χ1) is 19.0. The molecule has 9 heteroatoms. The molecule has 0 radical (unpaired) electrons. The molecule has 0 atom stereocenters. The van der Waals surface area contributed by atoms with Gasteiger partial charge in [-0.2, -0.15) is 0 Å². The highest BCUT2D eigenvalue weighted by Crippen LogP contribution is 2.39. The van der Waals surface area contributed by atoms with Gasteiger partial charge in [0.2, 0.25) is 0 Å². The van der Waals surface area contributed by atoms with Crippen molar-refractivity contribution in [1.29, 1.82) is 0 Å². The number of nitrogens with one attached hydrogen (secondary N) is 2. The molecule has 0 aliphatic carbocycles. The van der Waals surface area contributed by atoms with E-state index in [0.29, 0.717) is 28.1 Å². The van der Waals surface area contributed by atoms with E-state index in [2.05, 4.69) is 27.2 Å². The van der Waals surface area contributed by atoms with Gasteiger partial charge in [0.25, 0.3) is 11.8 Å². The van der Waals surface area contributed by atoms with Crippen LogP contribution in [-0.2, 0) is 9.53 Å². The van der Waals surface area contributed by atoms with Crippen molar-refractivity contribution in [3.8, 4) is 5.75 Å². The number of hydrogen-bond acceptors (Lipinski definition) is 7. The number of amides is 2. The molecule has 1 fully saturated rings. The lowest BCUT2D eigenvalue weighted by Gasteiger charge is -2.34. The van der Waals surface area contributed by atoms with E-state index >= 15 is 0 Å². The van der Waals surface area contributed by atoms with Crippen LogP contribution in [0.2, 0.25) is 0 Å². The molecule has 5 rings (SSSR count). The van der Waals surface area contributed by atoms with E-state index < -0.39 is 6.16 Å². The normalized spacial score (nSPS) is 16.3. The van der Waals surface area contributed by atoms with Crippen LogP contribution in [0.4, 0.5) is 16.2 Å². The Morgan fingerprint density at radius 1 is 0.923 bits per heavy atom. The lowest BCUT2D eigenvalue weighted by Crippen LogP contribution is -2.48. The predicted molar refractivity (Wildman–Crippen MR) is 149 cm³/mol. The van der Waals surface area contributed by atoms with Crippen LogP contribution in [-0.4, -0.2) is 67.6 Å². The summed E-state index contributed by atoms with van der Waals surface area (Å²) in [5.41, 5.74) is 4.44. The molecule has 2 aliphatic rings. The quantitative estimate of drug-likeness (QED) is 0.276. The number of anilines is 2. The van der Waals surface area contributed by atoms with E-state index in [4.69, 9.17) is 4.74 Å². The van der Waals surface area contributed by atoms with Crippen LogP contribution in [0.5, 0.6) is 5.75 Å². The molecule has 39 heavy (non-hydrogen) atoms. The zero-order valence-corrected chi connectivity index (χ0v) is 21.9. The third-order valence-corrected chi connectivity index (χ3v) is 6.92. The van der Waals surface area contributed by atoms with Gasteiger partial charge in [0, 0.05) is 49.1 Å². The maximum Gasteiger partial charge on any atom is 0.513 e. The number of piperazine rings is 1. The number of nitrogens with zero attached hydrogens (tertiary/aromatic N) is 2. The van der Waals surface area contributed by atoms with Crippen LogP contribution in [0.15, 0.2) is 72.8 Å². The summed E-state index contributed by atoms with van der Waals surface area (Å²) in [6.07, 6.45) is -0.841. The number of hydrogen-bond donors (Lipinski definition) is 2. The second-order valence-electron chi connectivity index (χ2n) is 9.26. The fourth-order valence-electron chi connectivity index (χ4n) is 4.78. The van der Waals surface area contributed by atoms with Crippen LogP contribution >= 0.6 is 0 Å². The standard InChI is InChI=1S/C30H30N4O5/c1-3-33-15-17-34(18-16-33)29(36)21-9-11-22(12-10-21)31-27(20-7-5-4-6-8-20)26-24-14-13-23(39-30(37)38-2)19-25(24)32-28(26)35/h4-14,19,31H,3,15-18H2,1-2H3,(H,32,35)/b27-26-. The van der Waals surface area contributed by atoms with Gasteiger partial charge in [-0.15, -0.1) is 0 Å². The molecule has 3 aromatic rings. The zero-order chi connectivity index (χ0) is 27.4. The minimum absolute atomic E-state index is 0.0213. The Morgan fingerprint density at radius 3 is 2.31 bits per heavy atom. The molecule has 9 nitrogen and oxygen atoms in total. The van der Waals surface area contributed by atoms with Crippen LogP contribution in [0.3, 0.4) is 0 Å². The molecular formula is C30H30N4O5. The Balaban J connectivity index is 1.43. The molecule has 0 saturated carbocycles. The van der Waals surface area contributed by atoms with Gasteiger partial charge in [0.1, 0.15) is 5.75 Å². The summed E-state index contributed by atoms with van der Waals surface area (Å²) in [6.45, 7) is 6.33. The number of carbonyl (C=O) groups excluding carboxylic acids is 3. The Bertz CT molecular complexity index is 1410. The van der Waals surface area contributed by atoms with Crippen molar-refractivity contribution in [2.24, 2.45) is 0 Å². The van der Waals surface area contributed by atoms with Crippen LogP contribution in [0.1, 0.15) is 28.4 Å². The SMILES string of the molecule is CCN1CCN(C(=O)c2ccc(N/C(=C3\C(=O)Nc4cc(OC(=O)OC)ccc43)c3ccccc3)cc2)CC1. The lowest BCUT2D eigenvalue weighted by molar-refractivity contribution is -0.110. The van der Waals surface area contributed by atoms with Gasteiger partial charge < -0.3 is 29.9 Å². The second-order valence-corrected chi connectivity index (χ2v) is 9.26. The molecule has 2 amide bonds. The number of ether oxygens (including phenoxy) is 2. The number of likely N-dealkylation sites (N-methyl/N-ethyl adjacent to an activating group) is 1. The minimum Gasteiger partial charge on any atom is -0.437 e. The van der Waals surface area contributed by atoms with E-state index in [1.807, 2.05) is 59.5 Å². The molecule has 1 saturated heterocycles. The van der Waals surface area contributed by atoms with Gasteiger partial charge in [0.05, 0.1) is 24.1 Å². The van der Waals surface area contributed by atoms with Crippen LogP contribution in [0.25, 0.3) is 11.3 Å². The molecule has 2 N–H and O–H groups in total. The highest BCUT2D eigenvalue weighted by molar-refractivity contribution is 6.37. The third kappa shape index (κ3) is 5.63. The van der Waals surface area contributed by atoms with Crippen molar-refractivity contribution < 1.29 is 23.9 Å². The molecule has 2 heterocycles. The van der Waals surface area contributed by atoms with Crippen LogP contribution < -0.4 is 15.4 Å². The molecule has 3 aromatic carbocycles. The van der Waals surface area contributed by atoms with Crippen molar-refractivity contribution in [3.63, 3.8) is 0 Å². The van der Waals surface area contributed by atoms with Crippen molar-refractivity contribution in [2.45, 2.75) is 6.92 Å². The van der Waals surface area contributed by atoms with E-state index in [1.165, 1.54) is 7.11 Å². The van der Waals surface area contributed by atoms with Gasteiger partial charge in [-0.25, -0.2) is 4.79 Å². The molecular weight excluding hydrogens is 496 g/mol. The molecule has 0 spiro atoms. The van der Waals surface area contributed by atoms with Gasteiger partial charge in [-0.3, -0.25) is 9.59 Å². The molecule has 0 bridgehead atoms. The molecule has 200 valence electrons.